The Hall–Kier alpha value is -4.24. The number of aliphatic hydroxyl groups is 1. The van der Waals surface area contributed by atoms with Crippen molar-refractivity contribution in [2.45, 2.75) is 26.3 Å². The number of carbonyl (C=O) groups is 2. The van der Waals surface area contributed by atoms with Gasteiger partial charge in [-0.15, -0.1) is 0 Å². The Labute approximate surface area is 222 Å². The lowest BCUT2D eigenvalue weighted by atomic mass is 9.95. The Morgan fingerprint density at radius 3 is 2.55 bits per heavy atom. The summed E-state index contributed by atoms with van der Waals surface area (Å²) in [7, 11) is 0. The summed E-state index contributed by atoms with van der Waals surface area (Å²) in [5.74, 6) is -1.26. The number of anilines is 1. The molecule has 3 aromatic carbocycles. The van der Waals surface area contributed by atoms with Crippen molar-refractivity contribution in [3.05, 3.63) is 89.2 Å². The molecule has 0 radical (unpaired) electrons. The van der Waals surface area contributed by atoms with Crippen molar-refractivity contribution in [2.75, 3.05) is 18.1 Å². The van der Waals surface area contributed by atoms with Crippen LogP contribution < -0.4 is 14.4 Å². The second kappa shape index (κ2) is 10.6. The van der Waals surface area contributed by atoms with Crippen molar-refractivity contribution >= 4 is 44.1 Å². The number of aliphatic hydroxyl groups excluding tert-OH is 1. The van der Waals surface area contributed by atoms with Crippen molar-refractivity contribution in [2.24, 2.45) is 0 Å². The maximum absolute atomic E-state index is 13.9. The van der Waals surface area contributed by atoms with Crippen LogP contribution >= 0.6 is 11.3 Å². The predicted molar refractivity (Wildman–Crippen MR) is 144 cm³/mol. The standard InChI is InChI=1S/C29H25FN2O5S/c1-3-14-37-20-11-8-17(9-12-20)25-24(26(33)18-6-5-7-21(15-18)36-4-2)27(34)28(35)32(25)29-31-22-13-10-19(30)16-23(22)38-29/h5-13,15-16,25,33H,3-4,14H2,1-2H3. The summed E-state index contributed by atoms with van der Waals surface area (Å²) in [6.07, 6.45) is 0.848. The van der Waals surface area contributed by atoms with Gasteiger partial charge in [0.05, 0.1) is 35.0 Å². The molecule has 1 aliphatic heterocycles. The number of hydrogen-bond donors (Lipinski definition) is 1. The number of benzene rings is 3. The number of rotatable bonds is 8. The van der Waals surface area contributed by atoms with Crippen LogP contribution in [0.1, 0.15) is 37.4 Å². The number of Topliss-reactive ketones (excluding diaryl/α,β-unsaturated/α-hetero) is 1. The van der Waals surface area contributed by atoms with E-state index < -0.39 is 23.5 Å². The molecule has 1 aromatic heterocycles. The van der Waals surface area contributed by atoms with E-state index in [2.05, 4.69) is 4.98 Å². The number of hydrogen-bond acceptors (Lipinski definition) is 7. The molecule has 0 aliphatic carbocycles. The van der Waals surface area contributed by atoms with E-state index in [4.69, 9.17) is 9.47 Å². The van der Waals surface area contributed by atoms with Crippen LogP contribution in [-0.4, -0.2) is 35.0 Å². The van der Waals surface area contributed by atoms with Crippen LogP contribution in [0.3, 0.4) is 0 Å². The highest BCUT2D eigenvalue weighted by atomic mass is 32.1. The molecule has 4 aromatic rings. The maximum atomic E-state index is 13.9. The molecule has 1 unspecified atom stereocenters. The number of nitrogens with zero attached hydrogens (tertiary/aromatic N) is 2. The number of ether oxygens (including phenoxy) is 2. The number of aromatic nitrogens is 1. The van der Waals surface area contributed by atoms with Crippen LogP contribution in [0.5, 0.6) is 11.5 Å². The highest BCUT2D eigenvalue weighted by molar-refractivity contribution is 7.22. The fourth-order valence-corrected chi connectivity index (χ4v) is 5.37. The van der Waals surface area contributed by atoms with Gasteiger partial charge in [-0.05, 0) is 61.4 Å². The molecule has 0 bridgehead atoms. The minimum Gasteiger partial charge on any atom is -0.507 e. The quantitative estimate of drug-likeness (QED) is 0.164. The normalized spacial score (nSPS) is 16.8. The summed E-state index contributed by atoms with van der Waals surface area (Å²) in [4.78, 5) is 32.6. The first-order chi connectivity index (χ1) is 18.4. The molecule has 0 saturated carbocycles. The lowest BCUT2D eigenvalue weighted by molar-refractivity contribution is -0.132. The molecular weight excluding hydrogens is 507 g/mol. The molecule has 2 heterocycles. The highest BCUT2D eigenvalue weighted by Crippen LogP contribution is 2.44. The van der Waals surface area contributed by atoms with Crippen molar-refractivity contribution < 1.29 is 28.6 Å². The second-order valence-electron chi connectivity index (χ2n) is 8.66. The summed E-state index contributed by atoms with van der Waals surface area (Å²) in [5.41, 5.74) is 1.35. The van der Waals surface area contributed by atoms with Crippen LogP contribution in [0.15, 0.2) is 72.3 Å². The number of fused-ring (bicyclic) bond motifs is 1. The van der Waals surface area contributed by atoms with Gasteiger partial charge in [-0.25, -0.2) is 9.37 Å². The molecule has 1 N–H and O–H groups in total. The Morgan fingerprint density at radius 1 is 1.03 bits per heavy atom. The number of thiazole rings is 1. The average molecular weight is 533 g/mol. The van der Waals surface area contributed by atoms with Crippen LogP contribution in [0.4, 0.5) is 9.52 Å². The molecule has 1 fully saturated rings. The van der Waals surface area contributed by atoms with Gasteiger partial charge in [0, 0.05) is 5.56 Å². The van der Waals surface area contributed by atoms with Gasteiger partial charge in [0.2, 0.25) is 0 Å². The number of ketones is 1. The Morgan fingerprint density at radius 2 is 1.82 bits per heavy atom. The SMILES string of the molecule is CCCOc1ccc(C2C(=C(O)c3cccc(OCC)c3)C(=O)C(=O)N2c2nc3ccc(F)cc3s2)cc1. The number of amides is 1. The summed E-state index contributed by atoms with van der Waals surface area (Å²) in [6.45, 7) is 4.83. The zero-order valence-electron chi connectivity index (χ0n) is 20.8. The minimum absolute atomic E-state index is 0.0729. The van der Waals surface area contributed by atoms with Crippen molar-refractivity contribution in [1.29, 1.82) is 0 Å². The highest BCUT2D eigenvalue weighted by Gasteiger charge is 2.48. The third-order valence-corrected chi connectivity index (χ3v) is 7.09. The molecule has 38 heavy (non-hydrogen) atoms. The maximum Gasteiger partial charge on any atom is 0.301 e. The van der Waals surface area contributed by atoms with E-state index >= 15 is 0 Å². The first-order valence-corrected chi connectivity index (χ1v) is 13.1. The van der Waals surface area contributed by atoms with E-state index in [1.807, 2.05) is 13.8 Å². The summed E-state index contributed by atoms with van der Waals surface area (Å²) in [5, 5.41) is 11.6. The molecule has 1 saturated heterocycles. The van der Waals surface area contributed by atoms with Gasteiger partial charge in [-0.1, -0.05) is 42.5 Å². The van der Waals surface area contributed by atoms with E-state index in [1.165, 1.54) is 23.1 Å². The van der Waals surface area contributed by atoms with Gasteiger partial charge < -0.3 is 14.6 Å². The summed E-state index contributed by atoms with van der Waals surface area (Å²) < 4.78 is 25.6. The van der Waals surface area contributed by atoms with E-state index in [0.29, 0.717) is 46.1 Å². The van der Waals surface area contributed by atoms with Gasteiger partial charge in [0.25, 0.3) is 5.78 Å². The molecule has 194 valence electrons. The Bertz CT molecular complexity index is 1550. The average Bonchev–Trinajstić information content (AvgIpc) is 3.45. The largest absolute Gasteiger partial charge is 0.507 e. The van der Waals surface area contributed by atoms with Crippen LogP contribution in [0, 0.1) is 5.82 Å². The molecular formula is C29H25FN2O5S. The summed E-state index contributed by atoms with van der Waals surface area (Å²) in [6, 6.07) is 16.9. The molecule has 9 heteroatoms. The molecule has 0 spiro atoms. The topological polar surface area (TPSA) is 89.0 Å². The van der Waals surface area contributed by atoms with Gasteiger partial charge in [0.1, 0.15) is 23.1 Å². The monoisotopic (exact) mass is 532 g/mol. The third-order valence-electron chi connectivity index (χ3n) is 6.08. The van der Waals surface area contributed by atoms with Crippen LogP contribution in [-0.2, 0) is 9.59 Å². The van der Waals surface area contributed by atoms with Gasteiger partial charge in [-0.3, -0.25) is 14.5 Å². The van der Waals surface area contributed by atoms with Gasteiger partial charge in [0.15, 0.2) is 5.13 Å². The lowest BCUT2D eigenvalue weighted by Crippen LogP contribution is -2.29. The third kappa shape index (κ3) is 4.72. The van der Waals surface area contributed by atoms with Crippen LogP contribution in [0.25, 0.3) is 16.0 Å². The Balaban J connectivity index is 1.66. The number of carbonyl (C=O) groups excluding carboxylic acids is 2. The van der Waals surface area contributed by atoms with E-state index in [9.17, 15) is 19.1 Å². The van der Waals surface area contributed by atoms with E-state index in [-0.39, 0.29) is 16.5 Å². The molecule has 1 aliphatic rings. The van der Waals surface area contributed by atoms with Crippen molar-refractivity contribution in [3.63, 3.8) is 0 Å². The van der Waals surface area contributed by atoms with Crippen LogP contribution in [0.2, 0.25) is 0 Å². The lowest BCUT2D eigenvalue weighted by Gasteiger charge is -2.23. The fraction of sp³-hybridized carbons (Fsp3) is 0.207. The molecule has 7 nitrogen and oxygen atoms in total. The van der Waals surface area contributed by atoms with E-state index in [1.54, 1.807) is 48.5 Å². The smallest absolute Gasteiger partial charge is 0.301 e. The van der Waals surface area contributed by atoms with Gasteiger partial charge in [-0.2, -0.15) is 0 Å². The fourth-order valence-electron chi connectivity index (χ4n) is 4.36. The second-order valence-corrected chi connectivity index (χ2v) is 9.67. The molecule has 1 amide bonds. The Kier molecular flexibility index (Phi) is 7.11. The molecule has 5 rings (SSSR count). The zero-order valence-corrected chi connectivity index (χ0v) is 21.6. The van der Waals surface area contributed by atoms with Crippen molar-refractivity contribution in [3.8, 4) is 11.5 Å². The first kappa shape index (κ1) is 25.4. The first-order valence-electron chi connectivity index (χ1n) is 12.2. The predicted octanol–water partition coefficient (Wildman–Crippen LogP) is 6.25. The zero-order chi connectivity index (χ0) is 26.8. The minimum atomic E-state index is -0.962. The van der Waals surface area contributed by atoms with E-state index in [0.717, 1.165) is 17.8 Å². The van der Waals surface area contributed by atoms with Gasteiger partial charge >= 0.3 is 5.91 Å². The summed E-state index contributed by atoms with van der Waals surface area (Å²) >= 11 is 1.10. The number of halogens is 1. The molecule has 1 atom stereocenters. The van der Waals surface area contributed by atoms with Crippen molar-refractivity contribution in [1.82, 2.24) is 4.98 Å².